The average Bonchev–Trinajstić information content (AvgIpc) is 2.15. The highest BCUT2D eigenvalue weighted by atomic mass is 16.5. The van der Waals surface area contributed by atoms with E-state index in [1.165, 1.54) is 6.92 Å². The van der Waals surface area contributed by atoms with Crippen molar-refractivity contribution in [3.8, 4) is 0 Å². The van der Waals surface area contributed by atoms with Crippen molar-refractivity contribution in [1.29, 1.82) is 0 Å². The van der Waals surface area contributed by atoms with Crippen LogP contribution in [0.1, 0.15) is 52.4 Å². The summed E-state index contributed by atoms with van der Waals surface area (Å²) in [5.74, 6) is 0.121. The topological polar surface area (TPSA) is 43.4 Å². The first-order valence-corrected chi connectivity index (χ1v) is 5.32. The van der Waals surface area contributed by atoms with E-state index in [-0.39, 0.29) is 5.97 Å². The Bertz CT molecular complexity index is 175. The Morgan fingerprint density at radius 1 is 1.07 bits per heavy atom. The van der Waals surface area contributed by atoms with Crippen LogP contribution in [-0.4, -0.2) is 18.4 Å². The second-order valence-electron chi connectivity index (χ2n) is 3.40. The van der Waals surface area contributed by atoms with Gasteiger partial charge in [0.15, 0.2) is 0 Å². The molecule has 82 valence electrons. The molecule has 0 unspecified atom stereocenters. The molecule has 0 aromatic rings. The zero-order chi connectivity index (χ0) is 10.8. The standard InChI is InChI=1S/C11H20O3/c1-3-11(13)8-6-4-5-7-9-14-10(2)12/h3-9H2,1-2H3. The maximum atomic E-state index is 10.9. The summed E-state index contributed by atoms with van der Waals surface area (Å²) >= 11 is 0. The van der Waals surface area contributed by atoms with Crippen LogP contribution in [0.15, 0.2) is 0 Å². The van der Waals surface area contributed by atoms with Crippen LogP contribution < -0.4 is 0 Å². The van der Waals surface area contributed by atoms with Crippen molar-refractivity contribution >= 4 is 11.8 Å². The summed E-state index contributed by atoms with van der Waals surface area (Å²) in [7, 11) is 0. The Kier molecular flexibility index (Phi) is 8.19. The molecule has 0 radical (unpaired) electrons. The van der Waals surface area contributed by atoms with E-state index >= 15 is 0 Å². The van der Waals surface area contributed by atoms with Gasteiger partial charge in [-0.05, 0) is 12.8 Å². The van der Waals surface area contributed by atoms with Gasteiger partial charge in [0.1, 0.15) is 5.78 Å². The Morgan fingerprint density at radius 2 is 1.71 bits per heavy atom. The van der Waals surface area contributed by atoms with E-state index in [2.05, 4.69) is 0 Å². The highest BCUT2D eigenvalue weighted by Gasteiger charge is 1.98. The summed E-state index contributed by atoms with van der Waals surface area (Å²) in [5, 5.41) is 0. The van der Waals surface area contributed by atoms with Gasteiger partial charge in [0.05, 0.1) is 6.61 Å². The van der Waals surface area contributed by atoms with Crippen LogP contribution in [0.2, 0.25) is 0 Å². The number of carbonyl (C=O) groups is 2. The quantitative estimate of drug-likeness (QED) is 0.446. The van der Waals surface area contributed by atoms with E-state index in [9.17, 15) is 9.59 Å². The van der Waals surface area contributed by atoms with Crippen molar-refractivity contribution in [2.75, 3.05) is 6.61 Å². The Labute approximate surface area is 85.8 Å². The van der Waals surface area contributed by atoms with Crippen LogP contribution in [0.5, 0.6) is 0 Å². The van der Waals surface area contributed by atoms with Gasteiger partial charge in [-0.25, -0.2) is 0 Å². The van der Waals surface area contributed by atoms with E-state index in [1.807, 2.05) is 6.92 Å². The predicted octanol–water partition coefficient (Wildman–Crippen LogP) is 2.48. The van der Waals surface area contributed by atoms with Crippen LogP contribution in [0, 0.1) is 0 Å². The molecule has 14 heavy (non-hydrogen) atoms. The van der Waals surface area contributed by atoms with Gasteiger partial charge in [0, 0.05) is 19.8 Å². The first kappa shape index (κ1) is 13.1. The lowest BCUT2D eigenvalue weighted by Crippen LogP contribution is -2.00. The number of hydrogen-bond acceptors (Lipinski definition) is 3. The number of ether oxygens (including phenoxy) is 1. The second kappa shape index (κ2) is 8.73. The van der Waals surface area contributed by atoms with Crippen molar-refractivity contribution in [3.05, 3.63) is 0 Å². The first-order chi connectivity index (χ1) is 6.66. The molecule has 0 aliphatic heterocycles. The molecule has 0 aliphatic carbocycles. The Balaban J connectivity index is 3.06. The molecule has 3 heteroatoms. The lowest BCUT2D eigenvalue weighted by atomic mass is 10.1. The fourth-order valence-corrected chi connectivity index (χ4v) is 1.17. The number of esters is 1. The van der Waals surface area contributed by atoms with Crippen molar-refractivity contribution in [2.24, 2.45) is 0 Å². The average molecular weight is 200 g/mol. The number of ketones is 1. The number of carbonyl (C=O) groups excluding carboxylic acids is 2. The van der Waals surface area contributed by atoms with E-state index in [0.29, 0.717) is 25.2 Å². The molecule has 0 N–H and O–H groups in total. The van der Waals surface area contributed by atoms with Crippen LogP contribution in [0.3, 0.4) is 0 Å². The zero-order valence-corrected chi connectivity index (χ0v) is 9.17. The number of Topliss-reactive ketones (excluding diaryl/α,β-unsaturated/α-hetero) is 1. The van der Waals surface area contributed by atoms with Crippen LogP contribution in [0.25, 0.3) is 0 Å². The summed E-state index contributed by atoms with van der Waals surface area (Å²) in [6.45, 7) is 3.82. The fourth-order valence-electron chi connectivity index (χ4n) is 1.17. The number of unbranched alkanes of at least 4 members (excludes halogenated alkanes) is 3. The smallest absolute Gasteiger partial charge is 0.302 e. The summed E-state index contributed by atoms with van der Waals surface area (Å²) < 4.78 is 4.78. The molecule has 0 spiro atoms. The molecular formula is C11H20O3. The molecule has 0 heterocycles. The van der Waals surface area contributed by atoms with Gasteiger partial charge < -0.3 is 4.74 Å². The molecule has 3 nitrogen and oxygen atoms in total. The summed E-state index contributed by atoms with van der Waals surface area (Å²) in [6, 6.07) is 0. The van der Waals surface area contributed by atoms with Crippen LogP contribution in [0.4, 0.5) is 0 Å². The number of hydrogen-bond donors (Lipinski definition) is 0. The van der Waals surface area contributed by atoms with Gasteiger partial charge in [-0.15, -0.1) is 0 Å². The van der Waals surface area contributed by atoms with Gasteiger partial charge in [0.2, 0.25) is 0 Å². The first-order valence-electron chi connectivity index (χ1n) is 5.32. The third-order valence-electron chi connectivity index (χ3n) is 2.05. The third-order valence-corrected chi connectivity index (χ3v) is 2.05. The summed E-state index contributed by atoms with van der Waals surface area (Å²) in [6.07, 6.45) is 5.29. The molecule has 0 bridgehead atoms. The third kappa shape index (κ3) is 9.23. The minimum Gasteiger partial charge on any atom is -0.466 e. The van der Waals surface area contributed by atoms with Crippen molar-refractivity contribution in [1.82, 2.24) is 0 Å². The highest BCUT2D eigenvalue weighted by Crippen LogP contribution is 2.04. The van der Waals surface area contributed by atoms with Gasteiger partial charge in [-0.1, -0.05) is 19.8 Å². The molecule has 0 aromatic carbocycles. The SMILES string of the molecule is CCC(=O)CCCCCCOC(C)=O. The maximum absolute atomic E-state index is 10.9. The van der Waals surface area contributed by atoms with Gasteiger partial charge in [-0.3, -0.25) is 9.59 Å². The largest absolute Gasteiger partial charge is 0.466 e. The minimum atomic E-state index is -0.217. The highest BCUT2D eigenvalue weighted by molar-refractivity contribution is 5.77. The van der Waals surface area contributed by atoms with E-state index in [0.717, 1.165) is 25.7 Å². The molecule has 0 saturated carbocycles. The lowest BCUT2D eigenvalue weighted by molar-refractivity contribution is -0.141. The summed E-state index contributed by atoms with van der Waals surface area (Å²) in [5.41, 5.74) is 0. The maximum Gasteiger partial charge on any atom is 0.302 e. The van der Waals surface area contributed by atoms with E-state index < -0.39 is 0 Å². The minimum absolute atomic E-state index is 0.217. The Morgan fingerprint density at radius 3 is 2.29 bits per heavy atom. The molecule has 0 fully saturated rings. The zero-order valence-electron chi connectivity index (χ0n) is 9.17. The van der Waals surface area contributed by atoms with Crippen molar-refractivity contribution in [3.63, 3.8) is 0 Å². The predicted molar refractivity (Wildman–Crippen MR) is 55.0 cm³/mol. The number of rotatable bonds is 8. The van der Waals surface area contributed by atoms with E-state index in [4.69, 9.17) is 4.74 Å². The van der Waals surface area contributed by atoms with Crippen molar-refractivity contribution < 1.29 is 14.3 Å². The van der Waals surface area contributed by atoms with E-state index in [1.54, 1.807) is 0 Å². The second-order valence-corrected chi connectivity index (χ2v) is 3.40. The molecule has 0 rings (SSSR count). The molecule has 0 amide bonds. The molecular weight excluding hydrogens is 180 g/mol. The molecule has 0 aliphatic rings. The van der Waals surface area contributed by atoms with Gasteiger partial charge in [0.25, 0.3) is 0 Å². The molecule has 0 aromatic heterocycles. The molecule has 0 atom stereocenters. The lowest BCUT2D eigenvalue weighted by Gasteiger charge is -2.01. The van der Waals surface area contributed by atoms with Crippen LogP contribution >= 0.6 is 0 Å². The van der Waals surface area contributed by atoms with Gasteiger partial charge >= 0.3 is 5.97 Å². The monoisotopic (exact) mass is 200 g/mol. The normalized spacial score (nSPS) is 9.86. The fraction of sp³-hybridized carbons (Fsp3) is 0.818. The van der Waals surface area contributed by atoms with Crippen molar-refractivity contribution in [2.45, 2.75) is 52.4 Å². The Hall–Kier alpha value is -0.860. The van der Waals surface area contributed by atoms with Crippen LogP contribution in [-0.2, 0) is 14.3 Å². The molecule has 0 saturated heterocycles. The summed E-state index contributed by atoms with van der Waals surface area (Å²) in [4.78, 5) is 21.3. The van der Waals surface area contributed by atoms with Gasteiger partial charge in [-0.2, -0.15) is 0 Å².